The SMILES string of the molecule is COc1ccc(C(=O)COC(=O)c2cc(C)no2)cc1F. The average molecular weight is 293 g/mol. The number of hydrogen-bond donors (Lipinski definition) is 0. The number of aryl methyl sites for hydroxylation is 1. The third kappa shape index (κ3) is 3.44. The van der Waals surface area contributed by atoms with E-state index in [1.807, 2.05) is 0 Å². The van der Waals surface area contributed by atoms with Crippen molar-refractivity contribution >= 4 is 11.8 Å². The number of ketones is 1. The molecule has 7 heteroatoms. The molecule has 0 saturated carbocycles. The van der Waals surface area contributed by atoms with Gasteiger partial charge < -0.3 is 14.0 Å². The molecule has 0 aliphatic carbocycles. The smallest absolute Gasteiger partial charge is 0.377 e. The van der Waals surface area contributed by atoms with E-state index in [0.717, 1.165) is 6.07 Å². The van der Waals surface area contributed by atoms with Gasteiger partial charge in [0.15, 0.2) is 24.0 Å². The third-order valence-corrected chi connectivity index (χ3v) is 2.64. The van der Waals surface area contributed by atoms with Crippen LogP contribution in [0.3, 0.4) is 0 Å². The molecule has 0 spiro atoms. The molecule has 0 amide bonds. The molecule has 0 bridgehead atoms. The molecule has 21 heavy (non-hydrogen) atoms. The van der Waals surface area contributed by atoms with Crippen LogP contribution in [0.15, 0.2) is 28.8 Å². The number of halogens is 1. The molecule has 0 saturated heterocycles. The Morgan fingerprint density at radius 1 is 1.33 bits per heavy atom. The van der Waals surface area contributed by atoms with Crippen molar-refractivity contribution in [2.75, 3.05) is 13.7 Å². The van der Waals surface area contributed by atoms with Gasteiger partial charge in [-0.3, -0.25) is 4.79 Å². The summed E-state index contributed by atoms with van der Waals surface area (Å²) in [6.07, 6.45) is 0. The normalized spacial score (nSPS) is 10.2. The molecule has 0 aliphatic rings. The second-order valence-electron chi connectivity index (χ2n) is 4.18. The molecule has 1 heterocycles. The number of Topliss-reactive ketones (excluding diaryl/α,β-unsaturated/α-hetero) is 1. The summed E-state index contributed by atoms with van der Waals surface area (Å²) in [5.74, 6) is -2.08. The Hall–Kier alpha value is -2.70. The molecule has 0 radical (unpaired) electrons. The molecule has 0 atom stereocenters. The van der Waals surface area contributed by atoms with E-state index < -0.39 is 24.2 Å². The molecule has 1 aromatic heterocycles. The van der Waals surface area contributed by atoms with E-state index in [1.54, 1.807) is 6.92 Å². The zero-order valence-electron chi connectivity index (χ0n) is 11.4. The second-order valence-corrected chi connectivity index (χ2v) is 4.18. The van der Waals surface area contributed by atoms with E-state index in [-0.39, 0.29) is 17.1 Å². The zero-order valence-corrected chi connectivity index (χ0v) is 11.4. The van der Waals surface area contributed by atoms with Gasteiger partial charge in [0.25, 0.3) is 0 Å². The minimum atomic E-state index is -0.807. The number of ether oxygens (including phenoxy) is 2. The third-order valence-electron chi connectivity index (χ3n) is 2.64. The fraction of sp³-hybridized carbons (Fsp3) is 0.214. The Bertz CT molecular complexity index is 680. The van der Waals surface area contributed by atoms with E-state index in [1.165, 1.54) is 25.3 Å². The van der Waals surface area contributed by atoms with Crippen molar-refractivity contribution in [1.29, 1.82) is 0 Å². The van der Waals surface area contributed by atoms with Crippen molar-refractivity contribution in [2.24, 2.45) is 0 Å². The number of rotatable bonds is 5. The number of methoxy groups -OCH3 is 1. The Morgan fingerprint density at radius 2 is 2.10 bits per heavy atom. The first kappa shape index (κ1) is 14.7. The van der Waals surface area contributed by atoms with Crippen molar-refractivity contribution in [3.63, 3.8) is 0 Å². The highest BCUT2D eigenvalue weighted by Gasteiger charge is 2.16. The maximum absolute atomic E-state index is 13.5. The molecule has 0 aliphatic heterocycles. The lowest BCUT2D eigenvalue weighted by molar-refractivity contribution is 0.0435. The maximum Gasteiger partial charge on any atom is 0.377 e. The Balaban J connectivity index is 1.98. The number of carbonyl (C=O) groups excluding carboxylic acids is 2. The summed E-state index contributed by atoms with van der Waals surface area (Å²) < 4.78 is 27.7. The van der Waals surface area contributed by atoms with E-state index in [9.17, 15) is 14.0 Å². The van der Waals surface area contributed by atoms with Crippen molar-refractivity contribution in [3.05, 3.63) is 47.1 Å². The molecule has 110 valence electrons. The molecular formula is C14H12FNO5. The quantitative estimate of drug-likeness (QED) is 0.621. The van der Waals surface area contributed by atoms with Crippen LogP contribution in [0.1, 0.15) is 26.6 Å². The maximum atomic E-state index is 13.5. The monoisotopic (exact) mass is 293 g/mol. The Labute approximate surface area is 119 Å². The van der Waals surface area contributed by atoms with Crippen molar-refractivity contribution < 1.29 is 28.0 Å². The average Bonchev–Trinajstić information content (AvgIpc) is 2.91. The number of esters is 1. The fourth-order valence-electron chi connectivity index (χ4n) is 1.59. The topological polar surface area (TPSA) is 78.6 Å². The van der Waals surface area contributed by atoms with Gasteiger partial charge in [-0.15, -0.1) is 0 Å². The number of hydrogen-bond acceptors (Lipinski definition) is 6. The molecule has 1 aromatic carbocycles. The van der Waals surface area contributed by atoms with Crippen LogP contribution in [-0.2, 0) is 4.74 Å². The van der Waals surface area contributed by atoms with Crippen LogP contribution in [0.2, 0.25) is 0 Å². The van der Waals surface area contributed by atoms with Gasteiger partial charge in [-0.1, -0.05) is 5.16 Å². The van der Waals surface area contributed by atoms with Gasteiger partial charge in [-0.25, -0.2) is 9.18 Å². The summed E-state index contributed by atoms with van der Waals surface area (Å²) in [6.45, 7) is 1.12. The highest BCUT2D eigenvalue weighted by atomic mass is 19.1. The Kier molecular flexibility index (Phi) is 4.32. The van der Waals surface area contributed by atoms with Gasteiger partial charge in [-0.2, -0.15) is 0 Å². The largest absolute Gasteiger partial charge is 0.494 e. The Morgan fingerprint density at radius 3 is 2.67 bits per heavy atom. The van der Waals surface area contributed by atoms with Gasteiger partial charge >= 0.3 is 5.97 Å². The van der Waals surface area contributed by atoms with E-state index in [2.05, 4.69) is 5.16 Å². The molecule has 6 nitrogen and oxygen atoms in total. The van der Waals surface area contributed by atoms with E-state index in [0.29, 0.717) is 5.69 Å². The fourth-order valence-corrected chi connectivity index (χ4v) is 1.59. The van der Waals surface area contributed by atoms with Crippen molar-refractivity contribution in [2.45, 2.75) is 6.92 Å². The molecule has 2 rings (SSSR count). The summed E-state index contributed by atoms with van der Waals surface area (Å²) in [4.78, 5) is 23.4. The van der Waals surface area contributed by atoms with Crippen LogP contribution in [0, 0.1) is 12.7 Å². The number of aromatic nitrogens is 1. The number of benzene rings is 1. The van der Waals surface area contributed by atoms with Gasteiger partial charge in [0.2, 0.25) is 5.76 Å². The minimum absolute atomic E-state index is 0.0284. The second kappa shape index (κ2) is 6.17. The molecule has 0 unspecified atom stereocenters. The highest BCUT2D eigenvalue weighted by Crippen LogP contribution is 2.18. The summed E-state index contributed by atoms with van der Waals surface area (Å²) in [5, 5.41) is 3.53. The predicted octanol–water partition coefficient (Wildman–Crippen LogP) is 2.17. The lowest BCUT2D eigenvalue weighted by atomic mass is 10.1. The van der Waals surface area contributed by atoms with Gasteiger partial charge in [0.05, 0.1) is 12.8 Å². The summed E-state index contributed by atoms with van der Waals surface area (Å²) in [5.41, 5.74) is 0.598. The van der Waals surface area contributed by atoms with E-state index >= 15 is 0 Å². The minimum Gasteiger partial charge on any atom is -0.494 e. The van der Waals surface area contributed by atoms with Gasteiger partial charge in [0, 0.05) is 11.6 Å². The first-order valence-corrected chi connectivity index (χ1v) is 5.98. The zero-order chi connectivity index (χ0) is 15.4. The van der Waals surface area contributed by atoms with Crippen LogP contribution in [-0.4, -0.2) is 30.6 Å². The van der Waals surface area contributed by atoms with E-state index in [4.69, 9.17) is 14.0 Å². The first-order valence-electron chi connectivity index (χ1n) is 5.98. The summed E-state index contributed by atoms with van der Waals surface area (Å²) in [7, 11) is 1.32. The molecule has 0 N–H and O–H groups in total. The number of nitrogens with zero attached hydrogens (tertiary/aromatic N) is 1. The molecule has 0 fully saturated rings. The van der Waals surface area contributed by atoms with Crippen LogP contribution in [0.4, 0.5) is 4.39 Å². The van der Waals surface area contributed by atoms with Gasteiger partial charge in [0.1, 0.15) is 0 Å². The summed E-state index contributed by atoms with van der Waals surface area (Å²) >= 11 is 0. The van der Waals surface area contributed by atoms with Crippen LogP contribution in [0.25, 0.3) is 0 Å². The van der Waals surface area contributed by atoms with Crippen LogP contribution in [0.5, 0.6) is 5.75 Å². The van der Waals surface area contributed by atoms with Crippen molar-refractivity contribution in [3.8, 4) is 5.75 Å². The summed E-state index contributed by atoms with van der Waals surface area (Å²) in [6, 6.07) is 5.12. The van der Waals surface area contributed by atoms with Crippen molar-refractivity contribution in [1.82, 2.24) is 5.16 Å². The van der Waals surface area contributed by atoms with Gasteiger partial charge in [-0.05, 0) is 25.1 Å². The van der Waals surface area contributed by atoms with Crippen LogP contribution < -0.4 is 4.74 Å². The predicted molar refractivity (Wildman–Crippen MR) is 68.8 cm³/mol. The van der Waals surface area contributed by atoms with Crippen LogP contribution >= 0.6 is 0 Å². The highest BCUT2D eigenvalue weighted by molar-refractivity contribution is 5.99. The lowest BCUT2D eigenvalue weighted by Gasteiger charge is -2.05. The molecule has 2 aromatic rings. The first-order chi connectivity index (χ1) is 10.0. The molecular weight excluding hydrogens is 281 g/mol. The number of carbonyl (C=O) groups is 2. The standard InChI is InChI=1S/C14H12FNO5/c1-8-5-13(21-16-8)14(18)20-7-11(17)9-3-4-12(19-2)10(15)6-9/h3-6H,7H2,1-2H3. The lowest BCUT2D eigenvalue weighted by Crippen LogP contribution is -2.14.